The fourth-order valence-electron chi connectivity index (χ4n) is 4.21. The molecule has 5 nitrogen and oxygen atoms in total. The van der Waals surface area contributed by atoms with E-state index in [1.54, 1.807) is 25.4 Å². The van der Waals surface area contributed by atoms with E-state index in [4.69, 9.17) is 14.7 Å². The van der Waals surface area contributed by atoms with Crippen LogP contribution in [0.15, 0.2) is 72.9 Å². The van der Waals surface area contributed by atoms with Crippen LogP contribution in [0.3, 0.4) is 0 Å². The summed E-state index contributed by atoms with van der Waals surface area (Å²) in [4.78, 5) is 27.4. The van der Waals surface area contributed by atoms with Gasteiger partial charge in [-0.25, -0.2) is 9.97 Å². The Hall–Kier alpha value is -4.12. The van der Waals surface area contributed by atoms with Crippen molar-refractivity contribution in [1.82, 2.24) is 15.0 Å². The second-order valence-electron chi connectivity index (χ2n) is 7.19. The van der Waals surface area contributed by atoms with Crippen LogP contribution in [-0.2, 0) is 0 Å². The maximum absolute atomic E-state index is 13.2. The summed E-state index contributed by atoms with van der Waals surface area (Å²) >= 11 is 0. The van der Waals surface area contributed by atoms with Gasteiger partial charge in [0.25, 0.3) is 0 Å². The molecule has 0 fully saturated rings. The molecule has 1 aliphatic carbocycles. The van der Waals surface area contributed by atoms with Crippen molar-refractivity contribution < 1.29 is 9.53 Å². The van der Waals surface area contributed by atoms with Gasteiger partial charge in [-0.3, -0.25) is 9.78 Å². The molecule has 2 aromatic carbocycles. The first-order valence-corrected chi connectivity index (χ1v) is 9.63. The molecule has 0 N–H and O–H groups in total. The van der Waals surface area contributed by atoms with Gasteiger partial charge in [0, 0.05) is 22.5 Å². The number of pyridine rings is 3. The average molecular weight is 389 g/mol. The molecule has 142 valence electrons. The number of benzene rings is 2. The third-order valence-corrected chi connectivity index (χ3v) is 5.56. The SMILES string of the molecule is COc1ccccc1-c1cc2c3c(nc4ccccc42)C(=O)c2cccnc2-c3n1. The Bertz CT molecular complexity index is 1510. The number of carbonyl (C=O) groups excluding carboxylic acids is 1. The lowest BCUT2D eigenvalue weighted by Gasteiger charge is -2.20. The highest BCUT2D eigenvalue weighted by Crippen LogP contribution is 2.41. The molecule has 0 bridgehead atoms. The Morgan fingerprint density at radius 1 is 0.767 bits per heavy atom. The summed E-state index contributed by atoms with van der Waals surface area (Å²) < 4.78 is 5.57. The van der Waals surface area contributed by atoms with Crippen LogP contribution in [-0.4, -0.2) is 27.8 Å². The number of para-hydroxylation sites is 2. The summed E-state index contributed by atoms with van der Waals surface area (Å²) in [5.74, 6) is 0.622. The zero-order valence-electron chi connectivity index (χ0n) is 16.1. The molecule has 0 radical (unpaired) electrons. The van der Waals surface area contributed by atoms with E-state index in [9.17, 15) is 4.79 Å². The van der Waals surface area contributed by atoms with Gasteiger partial charge >= 0.3 is 0 Å². The summed E-state index contributed by atoms with van der Waals surface area (Å²) in [7, 11) is 1.65. The summed E-state index contributed by atoms with van der Waals surface area (Å²) in [6.07, 6.45) is 1.69. The van der Waals surface area contributed by atoms with E-state index in [1.165, 1.54) is 0 Å². The van der Waals surface area contributed by atoms with Crippen LogP contribution in [0.25, 0.3) is 44.3 Å². The number of methoxy groups -OCH3 is 1. The van der Waals surface area contributed by atoms with Crippen LogP contribution >= 0.6 is 0 Å². The number of hydrogen-bond acceptors (Lipinski definition) is 5. The number of hydrogen-bond donors (Lipinski definition) is 0. The minimum Gasteiger partial charge on any atom is -0.496 e. The van der Waals surface area contributed by atoms with Crippen LogP contribution in [0.4, 0.5) is 0 Å². The average Bonchev–Trinajstić information content (AvgIpc) is 2.82. The van der Waals surface area contributed by atoms with Gasteiger partial charge in [0.05, 0.1) is 23.9 Å². The molecule has 0 amide bonds. The van der Waals surface area contributed by atoms with Crippen molar-refractivity contribution >= 4 is 27.5 Å². The summed E-state index contributed by atoms with van der Waals surface area (Å²) in [5, 5.41) is 2.66. The monoisotopic (exact) mass is 389 g/mol. The van der Waals surface area contributed by atoms with E-state index in [0.717, 1.165) is 38.7 Å². The predicted molar refractivity (Wildman–Crippen MR) is 116 cm³/mol. The van der Waals surface area contributed by atoms with Crippen molar-refractivity contribution in [1.29, 1.82) is 0 Å². The standard InChI is InChI=1S/C25H15N3O2/c1-30-20-11-5-3-8-15(20)19-13-17-14-7-2-4-10-18(14)27-24-21(17)23(28-19)22-16(25(24)29)9-6-12-26-22/h2-13H,1H3. The molecular weight excluding hydrogens is 374 g/mol. The van der Waals surface area contributed by atoms with Gasteiger partial charge in [0.15, 0.2) is 0 Å². The Labute approximate surface area is 172 Å². The van der Waals surface area contributed by atoms with Crippen molar-refractivity contribution in [2.24, 2.45) is 0 Å². The molecule has 1 aliphatic rings. The Morgan fingerprint density at radius 2 is 1.57 bits per heavy atom. The van der Waals surface area contributed by atoms with Gasteiger partial charge < -0.3 is 4.74 Å². The number of fused-ring (bicyclic) bond motifs is 4. The first-order chi connectivity index (χ1) is 14.8. The quantitative estimate of drug-likeness (QED) is 0.387. The van der Waals surface area contributed by atoms with Gasteiger partial charge in [-0.15, -0.1) is 0 Å². The van der Waals surface area contributed by atoms with E-state index < -0.39 is 0 Å². The minimum atomic E-state index is -0.117. The van der Waals surface area contributed by atoms with Crippen LogP contribution in [0.1, 0.15) is 16.1 Å². The molecule has 0 unspecified atom stereocenters. The van der Waals surface area contributed by atoms with Crippen LogP contribution in [0.2, 0.25) is 0 Å². The minimum absolute atomic E-state index is 0.117. The van der Waals surface area contributed by atoms with E-state index >= 15 is 0 Å². The second-order valence-corrected chi connectivity index (χ2v) is 7.19. The van der Waals surface area contributed by atoms with E-state index in [1.807, 2.05) is 54.6 Å². The lowest BCUT2D eigenvalue weighted by molar-refractivity contribution is 0.103. The highest BCUT2D eigenvalue weighted by Gasteiger charge is 2.30. The number of aromatic nitrogens is 3. The highest BCUT2D eigenvalue weighted by atomic mass is 16.5. The first kappa shape index (κ1) is 16.8. The van der Waals surface area contributed by atoms with Crippen molar-refractivity contribution in [2.75, 3.05) is 7.11 Å². The van der Waals surface area contributed by atoms with E-state index in [2.05, 4.69) is 4.98 Å². The molecule has 0 spiro atoms. The molecule has 0 saturated carbocycles. The maximum atomic E-state index is 13.2. The Balaban J connectivity index is 1.83. The Morgan fingerprint density at radius 3 is 2.47 bits per heavy atom. The third-order valence-electron chi connectivity index (χ3n) is 5.56. The molecule has 6 rings (SSSR count). The van der Waals surface area contributed by atoms with Gasteiger partial charge in [-0.2, -0.15) is 0 Å². The lowest BCUT2D eigenvalue weighted by atomic mass is 9.89. The molecule has 0 saturated heterocycles. The Kier molecular flexibility index (Phi) is 3.47. The van der Waals surface area contributed by atoms with Crippen LogP contribution in [0.5, 0.6) is 5.75 Å². The zero-order valence-corrected chi connectivity index (χ0v) is 16.1. The van der Waals surface area contributed by atoms with Crippen molar-refractivity contribution in [3.05, 3.63) is 84.2 Å². The van der Waals surface area contributed by atoms with Gasteiger partial charge in [0.2, 0.25) is 5.78 Å². The summed E-state index contributed by atoms with van der Waals surface area (Å²) in [6.45, 7) is 0. The molecular formula is C25H15N3O2. The normalized spacial score (nSPS) is 12.2. The van der Waals surface area contributed by atoms with Gasteiger partial charge in [-0.05, 0) is 41.8 Å². The topological polar surface area (TPSA) is 65.0 Å². The van der Waals surface area contributed by atoms with Crippen LogP contribution in [0, 0.1) is 0 Å². The van der Waals surface area contributed by atoms with E-state index in [0.29, 0.717) is 22.6 Å². The smallest absolute Gasteiger partial charge is 0.214 e. The molecule has 5 aromatic rings. The summed E-state index contributed by atoms with van der Waals surface area (Å²) in [6, 6.07) is 21.2. The first-order valence-electron chi connectivity index (χ1n) is 9.63. The number of ether oxygens (including phenoxy) is 1. The fourth-order valence-corrected chi connectivity index (χ4v) is 4.21. The molecule has 5 heteroatoms. The van der Waals surface area contributed by atoms with E-state index in [-0.39, 0.29) is 5.78 Å². The van der Waals surface area contributed by atoms with Gasteiger partial charge in [-0.1, -0.05) is 30.3 Å². The van der Waals surface area contributed by atoms with Gasteiger partial charge in [0.1, 0.15) is 22.8 Å². The summed E-state index contributed by atoms with van der Waals surface area (Å²) in [5.41, 5.74) is 4.66. The molecule has 30 heavy (non-hydrogen) atoms. The maximum Gasteiger partial charge on any atom is 0.214 e. The second kappa shape index (κ2) is 6.19. The zero-order chi connectivity index (χ0) is 20.2. The predicted octanol–water partition coefficient (Wildman–Crippen LogP) is 5.07. The molecule has 3 heterocycles. The van der Waals surface area contributed by atoms with Crippen LogP contribution < -0.4 is 4.74 Å². The molecule has 0 aliphatic heterocycles. The highest BCUT2D eigenvalue weighted by molar-refractivity contribution is 6.27. The molecule has 3 aromatic heterocycles. The third kappa shape index (κ3) is 2.23. The number of rotatable bonds is 2. The van der Waals surface area contributed by atoms with Crippen molar-refractivity contribution in [2.45, 2.75) is 0 Å². The number of ketones is 1. The number of carbonyl (C=O) groups is 1. The lowest BCUT2D eigenvalue weighted by Crippen LogP contribution is -2.14. The van der Waals surface area contributed by atoms with Crippen molar-refractivity contribution in [3.8, 4) is 28.4 Å². The van der Waals surface area contributed by atoms with Crippen molar-refractivity contribution in [3.63, 3.8) is 0 Å². The fraction of sp³-hybridized carbons (Fsp3) is 0.0400. The largest absolute Gasteiger partial charge is 0.496 e. The number of nitrogens with zero attached hydrogens (tertiary/aromatic N) is 3. The molecule has 0 atom stereocenters.